The van der Waals surface area contributed by atoms with Crippen LogP contribution in [0.5, 0.6) is 0 Å². The molecule has 0 aliphatic carbocycles. The molecule has 0 spiro atoms. The number of hydrogen-bond donors (Lipinski definition) is 2. The standard InChI is InChI=1S/C13H16BrN5/c1-13(2,3)18-12-17-11(8-15-19-12)16-10-6-4-5-9(14)7-10/h4-8H,1-3H3,(H2,16,17,18,19). The highest BCUT2D eigenvalue weighted by Gasteiger charge is 2.11. The summed E-state index contributed by atoms with van der Waals surface area (Å²) in [4.78, 5) is 4.37. The maximum Gasteiger partial charge on any atom is 0.245 e. The van der Waals surface area contributed by atoms with Gasteiger partial charge in [0.15, 0.2) is 5.82 Å². The van der Waals surface area contributed by atoms with E-state index in [0.29, 0.717) is 11.8 Å². The van der Waals surface area contributed by atoms with Gasteiger partial charge in [0, 0.05) is 15.7 Å². The monoisotopic (exact) mass is 321 g/mol. The predicted octanol–water partition coefficient (Wildman–Crippen LogP) is 3.59. The van der Waals surface area contributed by atoms with Gasteiger partial charge >= 0.3 is 0 Å². The summed E-state index contributed by atoms with van der Waals surface area (Å²) in [5, 5.41) is 14.3. The first-order valence-electron chi connectivity index (χ1n) is 5.93. The third-order valence-corrected chi connectivity index (χ3v) is 2.64. The Hall–Kier alpha value is -1.69. The molecule has 0 unspecified atom stereocenters. The molecule has 0 aliphatic heterocycles. The molecule has 0 bridgehead atoms. The van der Waals surface area contributed by atoms with Crippen molar-refractivity contribution in [3.8, 4) is 0 Å². The zero-order valence-electron chi connectivity index (χ0n) is 11.1. The van der Waals surface area contributed by atoms with Gasteiger partial charge in [-0.1, -0.05) is 22.0 Å². The van der Waals surface area contributed by atoms with E-state index in [2.05, 4.69) is 41.7 Å². The van der Waals surface area contributed by atoms with Crippen molar-refractivity contribution in [2.75, 3.05) is 10.6 Å². The van der Waals surface area contributed by atoms with Crippen LogP contribution in [0.25, 0.3) is 0 Å². The van der Waals surface area contributed by atoms with Crippen molar-refractivity contribution in [1.29, 1.82) is 0 Å². The first-order valence-corrected chi connectivity index (χ1v) is 6.72. The topological polar surface area (TPSA) is 62.7 Å². The summed E-state index contributed by atoms with van der Waals surface area (Å²) in [6.07, 6.45) is 1.59. The number of nitrogens with one attached hydrogen (secondary N) is 2. The fourth-order valence-corrected chi connectivity index (χ4v) is 1.87. The van der Waals surface area contributed by atoms with E-state index in [4.69, 9.17) is 0 Å². The third kappa shape index (κ3) is 4.48. The molecule has 2 aromatic rings. The van der Waals surface area contributed by atoms with Crippen LogP contribution in [-0.2, 0) is 0 Å². The Morgan fingerprint density at radius 2 is 2.00 bits per heavy atom. The molecule has 5 nitrogen and oxygen atoms in total. The molecule has 0 saturated heterocycles. The maximum absolute atomic E-state index is 4.37. The number of aromatic nitrogens is 3. The summed E-state index contributed by atoms with van der Waals surface area (Å²) in [6.45, 7) is 6.14. The lowest BCUT2D eigenvalue weighted by atomic mass is 10.1. The highest BCUT2D eigenvalue weighted by Crippen LogP contribution is 2.19. The van der Waals surface area contributed by atoms with Crippen molar-refractivity contribution in [3.05, 3.63) is 34.9 Å². The lowest BCUT2D eigenvalue weighted by Crippen LogP contribution is -2.27. The summed E-state index contributed by atoms with van der Waals surface area (Å²) in [5.41, 5.74) is 0.840. The van der Waals surface area contributed by atoms with E-state index in [1.54, 1.807) is 6.20 Å². The van der Waals surface area contributed by atoms with Gasteiger partial charge in [-0.25, -0.2) is 0 Å². The zero-order valence-corrected chi connectivity index (χ0v) is 12.7. The van der Waals surface area contributed by atoms with E-state index in [0.717, 1.165) is 10.2 Å². The molecule has 2 N–H and O–H groups in total. The predicted molar refractivity (Wildman–Crippen MR) is 80.6 cm³/mol. The van der Waals surface area contributed by atoms with Gasteiger partial charge in [-0.3, -0.25) is 0 Å². The number of hydrogen-bond acceptors (Lipinski definition) is 5. The molecule has 1 aromatic carbocycles. The first-order chi connectivity index (χ1) is 8.92. The van der Waals surface area contributed by atoms with Crippen LogP contribution in [0, 0.1) is 0 Å². The molecular weight excluding hydrogens is 306 g/mol. The molecule has 0 saturated carbocycles. The zero-order chi connectivity index (χ0) is 13.9. The van der Waals surface area contributed by atoms with Crippen LogP contribution >= 0.6 is 15.9 Å². The largest absolute Gasteiger partial charge is 0.348 e. The molecule has 1 heterocycles. The molecule has 2 rings (SSSR count). The fraction of sp³-hybridized carbons (Fsp3) is 0.308. The van der Waals surface area contributed by atoms with Crippen molar-refractivity contribution in [1.82, 2.24) is 15.2 Å². The molecule has 1 aromatic heterocycles. The van der Waals surface area contributed by atoms with Gasteiger partial charge in [-0.2, -0.15) is 10.1 Å². The van der Waals surface area contributed by atoms with Gasteiger partial charge in [0.25, 0.3) is 0 Å². The second kappa shape index (κ2) is 5.52. The Kier molecular flexibility index (Phi) is 3.99. The Balaban J connectivity index is 2.15. The molecule has 19 heavy (non-hydrogen) atoms. The van der Waals surface area contributed by atoms with Crippen LogP contribution < -0.4 is 10.6 Å². The van der Waals surface area contributed by atoms with Gasteiger partial charge in [-0.05, 0) is 39.0 Å². The first kappa shape index (κ1) is 13.7. The molecule has 0 atom stereocenters. The smallest absolute Gasteiger partial charge is 0.245 e. The van der Waals surface area contributed by atoms with Gasteiger partial charge in [0.05, 0.1) is 6.20 Å². The maximum atomic E-state index is 4.37. The van der Waals surface area contributed by atoms with Crippen LogP contribution in [0.15, 0.2) is 34.9 Å². The molecule has 6 heteroatoms. The lowest BCUT2D eigenvalue weighted by Gasteiger charge is -2.20. The van der Waals surface area contributed by atoms with Crippen molar-refractivity contribution in [2.24, 2.45) is 0 Å². The molecule has 0 amide bonds. The minimum Gasteiger partial charge on any atom is -0.348 e. The van der Waals surface area contributed by atoms with E-state index < -0.39 is 0 Å². The van der Waals surface area contributed by atoms with Crippen molar-refractivity contribution >= 4 is 33.4 Å². The SMILES string of the molecule is CC(C)(C)Nc1nncc(Nc2cccc(Br)c2)n1. The fourth-order valence-electron chi connectivity index (χ4n) is 1.47. The van der Waals surface area contributed by atoms with E-state index in [-0.39, 0.29) is 5.54 Å². The highest BCUT2D eigenvalue weighted by molar-refractivity contribution is 9.10. The summed E-state index contributed by atoms with van der Waals surface area (Å²) < 4.78 is 1.01. The average molecular weight is 322 g/mol. The number of halogens is 1. The molecule has 100 valence electrons. The highest BCUT2D eigenvalue weighted by atomic mass is 79.9. The Morgan fingerprint density at radius 1 is 1.21 bits per heavy atom. The molecule has 0 radical (unpaired) electrons. The van der Waals surface area contributed by atoms with Crippen molar-refractivity contribution in [3.63, 3.8) is 0 Å². The number of nitrogens with zero attached hydrogens (tertiary/aromatic N) is 3. The van der Waals surface area contributed by atoms with Gasteiger partial charge in [-0.15, -0.1) is 5.10 Å². The molecular formula is C13H16BrN5. The van der Waals surface area contributed by atoms with E-state index >= 15 is 0 Å². The van der Waals surface area contributed by atoms with E-state index in [1.807, 2.05) is 45.0 Å². The van der Waals surface area contributed by atoms with Crippen LogP contribution in [-0.4, -0.2) is 20.7 Å². The molecule has 0 fully saturated rings. The third-order valence-electron chi connectivity index (χ3n) is 2.14. The number of benzene rings is 1. The van der Waals surface area contributed by atoms with Gasteiger partial charge in [0.1, 0.15) is 0 Å². The summed E-state index contributed by atoms with van der Waals surface area (Å²) in [6, 6.07) is 7.86. The minimum atomic E-state index is -0.101. The van der Waals surface area contributed by atoms with Crippen LogP contribution in [0.4, 0.5) is 17.5 Å². The summed E-state index contributed by atoms with van der Waals surface area (Å²) in [7, 11) is 0. The summed E-state index contributed by atoms with van der Waals surface area (Å²) >= 11 is 3.43. The Morgan fingerprint density at radius 3 is 2.68 bits per heavy atom. The van der Waals surface area contributed by atoms with Gasteiger partial charge < -0.3 is 10.6 Å². The van der Waals surface area contributed by atoms with Crippen molar-refractivity contribution < 1.29 is 0 Å². The van der Waals surface area contributed by atoms with E-state index in [9.17, 15) is 0 Å². The van der Waals surface area contributed by atoms with E-state index in [1.165, 1.54) is 0 Å². The minimum absolute atomic E-state index is 0.101. The second-order valence-electron chi connectivity index (χ2n) is 5.18. The molecule has 0 aliphatic rings. The van der Waals surface area contributed by atoms with Crippen LogP contribution in [0.3, 0.4) is 0 Å². The normalized spacial score (nSPS) is 11.2. The van der Waals surface area contributed by atoms with Crippen molar-refractivity contribution in [2.45, 2.75) is 26.3 Å². The summed E-state index contributed by atoms with van der Waals surface area (Å²) in [5.74, 6) is 1.16. The lowest BCUT2D eigenvalue weighted by molar-refractivity contribution is 0.623. The number of anilines is 3. The Labute approximate surface area is 121 Å². The van der Waals surface area contributed by atoms with Crippen LogP contribution in [0.2, 0.25) is 0 Å². The number of rotatable bonds is 3. The Bertz CT molecular complexity index is 565. The van der Waals surface area contributed by atoms with Crippen LogP contribution in [0.1, 0.15) is 20.8 Å². The van der Waals surface area contributed by atoms with Gasteiger partial charge in [0.2, 0.25) is 5.95 Å². The second-order valence-corrected chi connectivity index (χ2v) is 6.09. The quantitative estimate of drug-likeness (QED) is 0.904. The average Bonchev–Trinajstić information content (AvgIpc) is 2.27.